The average Bonchev–Trinajstić information content (AvgIpc) is 3.52. The molecule has 3 amide bonds. The van der Waals surface area contributed by atoms with E-state index in [9.17, 15) is 19.5 Å². The first-order valence-electron chi connectivity index (χ1n) is 16.7. The van der Waals surface area contributed by atoms with Crippen LogP contribution in [0.2, 0.25) is 0 Å². The molecule has 2 aliphatic rings. The van der Waals surface area contributed by atoms with Gasteiger partial charge >= 0.3 is 0 Å². The fourth-order valence-electron chi connectivity index (χ4n) is 6.23. The van der Waals surface area contributed by atoms with Crippen LogP contribution in [0.5, 0.6) is 0 Å². The molecule has 1 aliphatic carbocycles. The summed E-state index contributed by atoms with van der Waals surface area (Å²) in [6, 6.07) is 24.2. The first kappa shape index (κ1) is 33.2. The molecule has 0 unspecified atom stereocenters. The van der Waals surface area contributed by atoms with E-state index < -0.39 is 18.2 Å². The predicted molar refractivity (Wildman–Crippen MR) is 182 cm³/mol. The van der Waals surface area contributed by atoms with Crippen molar-refractivity contribution in [3.8, 4) is 0 Å². The zero-order chi connectivity index (χ0) is 32.3. The Labute approximate surface area is 272 Å². The number of hydrogen-bond donors (Lipinski definition) is 5. The van der Waals surface area contributed by atoms with Gasteiger partial charge < -0.3 is 31.3 Å². The maximum atomic E-state index is 13.9. The molecular formula is C37H47N5O4. The van der Waals surface area contributed by atoms with Crippen LogP contribution in [0.4, 0.5) is 11.4 Å². The molecule has 1 saturated heterocycles. The molecule has 3 aromatic carbocycles. The van der Waals surface area contributed by atoms with Gasteiger partial charge in [0.15, 0.2) is 0 Å². The Morgan fingerprint density at radius 2 is 1.61 bits per heavy atom. The quantitative estimate of drug-likeness (QED) is 0.179. The SMILES string of the molecule is C[C@H](NC[C@@H](O)[C@H](Cc1ccccc1)NC(=O)c1cc(NCc2ccccc2)cc(N2CCCC2=O)c1)C(=O)NC1CCCCC1. The fraction of sp³-hybridized carbons (Fsp3) is 0.432. The second-order valence-electron chi connectivity index (χ2n) is 12.6. The lowest BCUT2D eigenvalue weighted by atomic mass is 9.95. The van der Waals surface area contributed by atoms with Gasteiger partial charge in [-0.3, -0.25) is 14.4 Å². The minimum atomic E-state index is -0.965. The second kappa shape index (κ2) is 16.4. The molecule has 0 radical (unpaired) electrons. The number of nitrogens with zero attached hydrogens (tertiary/aromatic N) is 1. The molecule has 0 aromatic heterocycles. The summed E-state index contributed by atoms with van der Waals surface area (Å²) in [5.74, 6) is -0.387. The number of nitrogens with one attached hydrogen (secondary N) is 4. The Hall–Kier alpha value is -4.21. The summed E-state index contributed by atoms with van der Waals surface area (Å²) in [4.78, 5) is 41.0. The third kappa shape index (κ3) is 9.40. The topological polar surface area (TPSA) is 123 Å². The van der Waals surface area contributed by atoms with E-state index in [4.69, 9.17) is 0 Å². The Balaban J connectivity index is 1.30. The number of hydrogen-bond acceptors (Lipinski definition) is 6. The molecule has 3 aromatic rings. The summed E-state index contributed by atoms with van der Waals surface area (Å²) >= 11 is 0. The smallest absolute Gasteiger partial charge is 0.251 e. The van der Waals surface area contributed by atoms with Crippen molar-refractivity contribution >= 4 is 29.1 Å². The first-order chi connectivity index (χ1) is 22.4. The average molecular weight is 626 g/mol. The summed E-state index contributed by atoms with van der Waals surface area (Å²) in [5.41, 5.74) is 3.86. The Morgan fingerprint density at radius 3 is 2.28 bits per heavy atom. The highest BCUT2D eigenvalue weighted by atomic mass is 16.3. The Bertz CT molecular complexity index is 1440. The van der Waals surface area contributed by atoms with E-state index in [1.54, 1.807) is 24.0 Å². The van der Waals surface area contributed by atoms with Gasteiger partial charge in [0.1, 0.15) is 0 Å². The van der Waals surface area contributed by atoms with E-state index in [0.29, 0.717) is 37.2 Å². The molecular weight excluding hydrogens is 578 g/mol. The van der Waals surface area contributed by atoms with Gasteiger partial charge in [-0.2, -0.15) is 0 Å². The molecule has 3 atom stereocenters. The lowest BCUT2D eigenvalue weighted by Crippen LogP contribution is -2.53. The van der Waals surface area contributed by atoms with Crippen molar-refractivity contribution in [1.29, 1.82) is 0 Å². The number of amides is 3. The number of anilines is 2. The Morgan fingerprint density at radius 1 is 0.913 bits per heavy atom. The van der Waals surface area contributed by atoms with E-state index in [0.717, 1.165) is 48.9 Å². The Kier molecular flexibility index (Phi) is 11.8. The summed E-state index contributed by atoms with van der Waals surface area (Å²) < 4.78 is 0. The van der Waals surface area contributed by atoms with Crippen LogP contribution >= 0.6 is 0 Å². The number of rotatable bonds is 14. The second-order valence-corrected chi connectivity index (χ2v) is 12.6. The van der Waals surface area contributed by atoms with Gasteiger partial charge in [0.2, 0.25) is 11.8 Å². The fourth-order valence-corrected chi connectivity index (χ4v) is 6.23. The number of benzene rings is 3. The normalized spacial score (nSPS) is 17.3. The first-order valence-corrected chi connectivity index (χ1v) is 16.7. The van der Waals surface area contributed by atoms with E-state index in [2.05, 4.69) is 21.3 Å². The lowest BCUT2D eigenvalue weighted by molar-refractivity contribution is -0.123. The maximum absolute atomic E-state index is 13.9. The van der Waals surface area contributed by atoms with Crippen molar-refractivity contribution in [2.75, 3.05) is 23.3 Å². The molecule has 1 heterocycles. The van der Waals surface area contributed by atoms with Crippen LogP contribution in [-0.4, -0.2) is 60.1 Å². The van der Waals surface area contributed by atoms with E-state index in [1.807, 2.05) is 66.7 Å². The number of aliphatic hydroxyl groups is 1. The molecule has 244 valence electrons. The molecule has 5 rings (SSSR count). The van der Waals surface area contributed by atoms with Gasteiger partial charge in [0, 0.05) is 49.0 Å². The van der Waals surface area contributed by atoms with Crippen LogP contribution in [0.3, 0.4) is 0 Å². The minimum Gasteiger partial charge on any atom is -0.390 e. The predicted octanol–water partition coefficient (Wildman–Crippen LogP) is 4.55. The zero-order valence-electron chi connectivity index (χ0n) is 26.7. The van der Waals surface area contributed by atoms with Gasteiger partial charge in [-0.05, 0) is 61.9 Å². The minimum absolute atomic E-state index is 0.0386. The van der Waals surface area contributed by atoms with Crippen molar-refractivity contribution < 1.29 is 19.5 Å². The highest BCUT2D eigenvalue weighted by Gasteiger charge is 2.27. The molecule has 0 spiro atoms. The van der Waals surface area contributed by atoms with Gasteiger partial charge in [-0.25, -0.2) is 0 Å². The summed E-state index contributed by atoms with van der Waals surface area (Å²) in [5, 5.41) is 24.2. The molecule has 0 bridgehead atoms. The standard InChI is InChI=1S/C37H47N5O4/c1-26(36(45)40-30-16-9-4-10-17-30)38-25-34(43)33(20-27-12-5-2-6-13-27)41-37(46)29-21-31(39-24-28-14-7-3-8-15-28)23-32(22-29)42-19-11-18-35(42)44/h2-3,5-8,12-15,21-23,26,30,33-34,38-39,43H,4,9-11,16-20,24-25H2,1H3,(H,40,45)(H,41,46)/t26-,33-,34+/m0/s1. The maximum Gasteiger partial charge on any atom is 0.251 e. The van der Waals surface area contributed by atoms with E-state index in [1.165, 1.54) is 6.42 Å². The summed E-state index contributed by atoms with van der Waals surface area (Å²) in [6.45, 7) is 3.09. The van der Waals surface area contributed by atoms with E-state index >= 15 is 0 Å². The van der Waals surface area contributed by atoms with Gasteiger partial charge in [0.25, 0.3) is 5.91 Å². The van der Waals surface area contributed by atoms with Gasteiger partial charge in [-0.1, -0.05) is 79.9 Å². The third-order valence-electron chi connectivity index (χ3n) is 8.96. The van der Waals surface area contributed by atoms with Crippen LogP contribution in [0.1, 0.15) is 73.4 Å². The number of carbonyl (C=O) groups is 3. The van der Waals surface area contributed by atoms with Crippen LogP contribution in [0.25, 0.3) is 0 Å². The van der Waals surface area contributed by atoms with Crippen LogP contribution in [0.15, 0.2) is 78.9 Å². The highest BCUT2D eigenvalue weighted by molar-refractivity contribution is 6.00. The van der Waals surface area contributed by atoms with Crippen LogP contribution in [-0.2, 0) is 22.6 Å². The van der Waals surface area contributed by atoms with Gasteiger partial charge in [0.05, 0.1) is 18.2 Å². The summed E-state index contributed by atoms with van der Waals surface area (Å²) in [6.07, 6.45) is 6.19. The molecule has 9 nitrogen and oxygen atoms in total. The number of aliphatic hydroxyl groups excluding tert-OH is 1. The van der Waals surface area contributed by atoms with Crippen molar-refractivity contribution in [2.45, 2.75) is 89.1 Å². The number of carbonyl (C=O) groups excluding carboxylic acids is 3. The van der Waals surface area contributed by atoms with Crippen molar-refractivity contribution in [1.82, 2.24) is 16.0 Å². The monoisotopic (exact) mass is 625 g/mol. The van der Waals surface area contributed by atoms with Crippen LogP contribution < -0.4 is 26.2 Å². The molecule has 2 fully saturated rings. The largest absolute Gasteiger partial charge is 0.390 e. The molecule has 46 heavy (non-hydrogen) atoms. The highest BCUT2D eigenvalue weighted by Crippen LogP contribution is 2.27. The van der Waals surface area contributed by atoms with Crippen molar-refractivity contribution in [3.05, 3.63) is 95.6 Å². The lowest BCUT2D eigenvalue weighted by Gasteiger charge is -2.28. The van der Waals surface area contributed by atoms with Gasteiger partial charge in [-0.15, -0.1) is 0 Å². The molecule has 9 heteroatoms. The zero-order valence-corrected chi connectivity index (χ0v) is 26.7. The molecule has 1 saturated carbocycles. The van der Waals surface area contributed by atoms with E-state index in [-0.39, 0.29) is 30.3 Å². The van der Waals surface area contributed by atoms with Crippen LogP contribution in [0, 0.1) is 0 Å². The molecule has 5 N–H and O–H groups in total. The molecule has 1 aliphatic heterocycles. The van der Waals surface area contributed by atoms with Crippen molar-refractivity contribution in [3.63, 3.8) is 0 Å². The van der Waals surface area contributed by atoms with Crippen molar-refractivity contribution in [2.24, 2.45) is 0 Å². The summed E-state index contributed by atoms with van der Waals surface area (Å²) in [7, 11) is 0. The third-order valence-corrected chi connectivity index (χ3v) is 8.96.